The van der Waals surface area contributed by atoms with Gasteiger partial charge in [-0.1, -0.05) is 5.16 Å². The van der Waals surface area contributed by atoms with Crippen LogP contribution in [-0.4, -0.2) is 57.0 Å². The summed E-state index contributed by atoms with van der Waals surface area (Å²) in [6.07, 6.45) is 0.210. The van der Waals surface area contributed by atoms with Gasteiger partial charge in [0.1, 0.15) is 6.42 Å². The van der Waals surface area contributed by atoms with Crippen molar-refractivity contribution >= 4 is 17.2 Å². The van der Waals surface area contributed by atoms with Crippen molar-refractivity contribution in [1.29, 1.82) is 0 Å². The first kappa shape index (κ1) is 15.7. The Morgan fingerprint density at radius 2 is 2.00 bits per heavy atom. The fourth-order valence-corrected chi connectivity index (χ4v) is 4.39. The molecule has 7 nitrogen and oxygen atoms in total. The van der Waals surface area contributed by atoms with Crippen molar-refractivity contribution in [3.05, 3.63) is 27.8 Å². The molecule has 0 radical (unpaired) electrons. The van der Waals surface area contributed by atoms with Crippen LogP contribution in [0.4, 0.5) is 0 Å². The zero-order valence-electron chi connectivity index (χ0n) is 13.9. The van der Waals surface area contributed by atoms with Gasteiger partial charge in [-0.2, -0.15) is 4.98 Å². The molecule has 2 aromatic heterocycles. The highest BCUT2D eigenvalue weighted by Gasteiger charge is 2.41. The molecule has 8 heteroatoms. The summed E-state index contributed by atoms with van der Waals surface area (Å²) in [6, 6.07) is 0. The summed E-state index contributed by atoms with van der Waals surface area (Å²) in [4.78, 5) is 25.5. The van der Waals surface area contributed by atoms with Crippen LogP contribution in [0.2, 0.25) is 0 Å². The normalized spacial score (nSPS) is 23.8. The molecular formula is C16H21N5O2S. The van der Waals surface area contributed by atoms with Gasteiger partial charge in [-0.3, -0.25) is 9.69 Å². The van der Waals surface area contributed by atoms with Crippen LogP contribution in [-0.2, 0) is 17.8 Å². The van der Waals surface area contributed by atoms with E-state index < -0.39 is 0 Å². The number of likely N-dealkylation sites (tertiary alicyclic amines) is 2. The fraction of sp³-hybridized carbons (Fsp3) is 0.625. The largest absolute Gasteiger partial charge is 0.342 e. The molecule has 0 spiro atoms. The number of nitrogens with zero attached hydrogens (tertiary/aromatic N) is 5. The number of carbonyl (C=O) groups excluding carboxylic acids is 1. The highest BCUT2D eigenvalue weighted by molar-refractivity contribution is 7.09. The maximum atomic E-state index is 12.4. The summed E-state index contributed by atoms with van der Waals surface area (Å²) in [5.74, 6) is 2.21. The second-order valence-corrected chi connectivity index (χ2v) is 7.85. The number of hydrogen-bond donors (Lipinski definition) is 0. The Balaban J connectivity index is 1.30. The van der Waals surface area contributed by atoms with Gasteiger partial charge in [-0.05, 0) is 25.7 Å². The monoisotopic (exact) mass is 347 g/mol. The molecule has 0 unspecified atom stereocenters. The van der Waals surface area contributed by atoms with Gasteiger partial charge in [0.05, 0.1) is 10.7 Å². The van der Waals surface area contributed by atoms with Crippen LogP contribution < -0.4 is 0 Å². The summed E-state index contributed by atoms with van der Waals surface area (Å²) in [6.45, 7) is 8.49. The minimum absolute atomic E-state index is 0.0923. The first-order valence-electron chi connectivity index (χ1n) is 8.27. The quantitative estimate of drug-likeness (QED) is 0.829. The molecule has 24 heavy (non-hydrogen) atoms. The van der Waals surface area contributed by atoms with Crippen LogP contribution >= 0.6 is 11.3 Å². The van der Waals surface area contributed by atoms with Crippen molar-refractivity contribution < 1.29 is 9.32 Å². The molecule has 1 amide bonds. The molecule has 0 bridgehead atoms. The topological polar surface area (TPSA) is 75.4 Å². The maximum Gasteiger partial charge on any atom is 0.236 e. The Labute approximate surface area is 144 Å². The van der Waals surface area contributed by atoms with E-state index in [2.05, 4.69) is 25.4 Å². The molecule has 4 heterocycles. The van der Waals surface area contributed by atoms with Crippen LogP contribution in [0.25, 0.3) is 0 Å². The van der Waals surface area contributed by atoms with Crippen molar-refractivity contribution in [2.75, 3.05) is 26.2 Å². The lowest BCUT2D eigenvalue weighted by atomic mass is 10.0. The van der Waals surface area contributed by atoms with E-state index in [0.29, 0.717) is 23.6 Å². The van der Waals surface area contributed by atoms with Crippen LogP contribution in [0.5, 0.6) is 0 Å². The Bertz CT molecular complexity index is 728. The lowest BCUT2D eigenvalue weighted by molar-refractivity contribution is -0.130. The van der Waals surface area contributed by atoms with Gasteiger partial charge in [0.15, 0.2) is 5.82 Å². The Morgan fingerprint density at radius 1 is 1.25 bits per heavy atom. The van der Waals surface area contributed by atoms with Gasteiger partial charge in [-0.15, -0.1) is 11.3 Å². The van der Waals surface area contributed by atoms with Gasteiger partial charge < -0.3 is 9.42 Å². The van der Waals surface area contributed by atoms with E-state index in [9.17, 15) is 4.79 Å². The third-order valence-corrected chi connectivity index (χ3v) is 5.66. The highest BCUT2D eigenvalue weighted by Crippen LogP contribution is 2.32. The summed E-state index contributed by atoms with van der Waals surface area (Å²) >= 11 is 1.71. The van der Waals surface area contributed by atoms with Gasteiger partial charge in [-0.25, -0.2) is 4.98 Å². The van der Waals surface area contributed by atoms with E-state index in [4.69, 9.17) is 4.52 Å². The minimum atomic E-state index is 0.0923. The number of hydrogen-bond acceptors (Lipinski definition) is 7. The average Bonchev–Trinajstić information content (AvgIpc) is 3.25. The first-order valence-corrected chi connectivity index (χ1v) is 9.15. The van der Waals surface area contributed by atoms with Gasteiger partial charge in [0, 0.05) is 38.1 Å². The summed E-state index contributed by atoms with van der Waals surface area (Å²) in [5, 5.41) is 7.00. The second kappa shape index (κ2) is 6.25. The molecule has 0 aromatic carbocycles. The molecule has 0 N–H and O–H groups in total. The van der Waals surface area contributed by atoms with Crippen LogP contribution in [0.15, 0.2) is 9.90 Å². The average molecular weight is 347 g/mol. The van der Waals surface area contributed by atoms with E-state index in [-0.39, 0.29) is 12.3 Å². The Hall–Kier alpha value is -1.80. The minimum Gasteiger partial charge on any atom is -0.342 e. The number of aromatic nitrogens is 3. The van der Waals surface area contributed by atoms with Crippen LogP contribution in [0.1, 0.15) is 22.4 Å². The Kier molecular flexibility index (Phi) is 4.09. The zero-order chi connectivity index (χ0) is 16.7. The third-order valence-electron chi connectivity index (χ3n) is 4.84. The third kappa shape index (κ3) is 3.21. The fourth-order valence-electron chi connectivity index (χ4n) is 3.79. The van der Waals surface area contributed by atoms with Crippen molar-refractivity contribution in [2.24, 2.45) is 11.8 Å². The molecule has 4 rings (SSSR count). The summed E-state index contributed by atoms with van der Waals surface area (Å²) < 4.78 is 5.05. The molecule has 2 fully saturated rings. The van der Waals surface area contributed by atoms with Crippen molar-refractivity contribution in [3.8, 4) is 0 Å². The Morgan fingerprint density at radius 3 is 2.58 bits per heavy atom. The second-order valence-electron chi connectivity index (χ2n) is 6.78. The van der Waals surface area contributed by atoms with Crippen molar-refractivity contribution in [3.63, 3.8) is 0 Å². The van der Waals surface area contributed by atoms with Crippen molar-refractivity contribution in [2.45, 2.75) is 26.8 Å². The SMILES string of the molecule is Cc1noc(CC(=O)N2C[C@H]3CN(Cc4csc(C)n4)C[C@H]3C2)n1. The van der Waals surface area contributed by atoms with Gasteiger partial charge in [0.2, 0.25) is 11.8 Å². The molecular weight excluding hydrogens is 326 g/mol. The van der Waals surface area contributed by atoms with Crippen LogP contribution in [0, 0.1) is 25.7 Å². The number of thiazole rings is 1. The number of fused-ring (bicyclic) bond motifs is 1. The summed E-state index contributed by atoms with van der Waals surface area (Å²) in [5.41, 5.74) is 1.16. The highest BCUT2D eigenvalue weighted by atomic mass is 32.1. The van der Waals surface area contributed by atoms with Gasteiger partial charge in [0.25, 0.3) is 0 Å². The molecule has 0 saturated carbocycles. The van der Waals surface area contributed by atoms with E-state index in [0.717, 1.165) is 43.4 Å². The molecule has 0 aliphatic carbocycles. The number of amides is 1. The molecule has 2 aliphatic heterocycles. The number of aryl methyl sites for hydroxylation is 2. The lowest BCUT2D eigenvalue weighted by Crippen LogP contribution is -2.34. The standard InChI is InChI=1S/C16H21N5O2S/c1-10-17-15(23-19-10)3-16(22)21-6-12-4-20(5-13(12)7-21)8-14-9-24-11(2)18-14/h9,12-13H,3-8H2,1-2H3/t12-,13+. The molecule has 2 saturated heterocycles. The predicted molar refractivity (Wildman–Crippen MR) is 88.4 cm³/mol. The number of carbonyl (C=O) groups is 1. The predicted octanol–water partition coefficient (Wildman–Crippen LogP) is 1.28. The molecule has 128 valence electrons. The first-order chi connectivity index (χ1) is 11.6. The molecule has 2 atom stereocenters. The summed E-state index contributed by atoms with van der Waals surface area (Å²) in [7, 11) is 0. The van der Waals surface area contributed by atoms with Gasteiger partial charge >= 0.3 is 0 Å². The zero-order valence-corrected chi connectivity index (χ0v) is 14.8. The number of rotatable bonds is 4. The molecule has 2 aromatic rings. The van der Waals surface area contributed by atoms with E-state index in [1.807, 2.05) is 11.8 Å². The molecule has 2 aliphatic rings. The lowest BCUT2D eigenvalue weighted by Gasteiger charge is -2.20. The van der Waals surface area contributed by atoms with E-state index in [1.165, 1.54) is 0 Å². The van der Waals surface area contributed by atoms with Crippen molar-refractivity contribution in [1.82, 2.24) is 24.9 Å². The maximum absolute atomic E-state index is 12.4. The van der Waals surface area contributed by atoms with E-state index >= 15 is 0 Å². The van der Waals surface area contributed by atoms with Crippen LogP contribution in [0.3, 0.4) is 0 Å². The van der Waals surface area contributed by atoms with E-state index in [1.54, 1.807) is 18.3 Å². The smallest absolute Gasteiger partial charge is 0.236 e.